The van der Waals surface area contributed by atoms with Gasteiger partial charge in [-0.3, -0.25) is 0 Å². The highest BCUT2D eigenvalue weighted by molar-refractivity contribution is 7.99. The highest BCUT2D eigenvalue weighted by Gasteiger charge is 1.92. The molecule has 0 atom stereocenters. The van der Waals surface area contributed by atoms with E-state index in [0.717, 1.165) is 10.6 Å². The molecular formula is C9H9FS. The Hall–Kier alpha value is -0.760. The van der Waals surface area contributed by atoms with Gasteiger partial charge in [0.2, 0.25) is 0 Å². The topological polar surface area (TPSA) is 0 Å². The summed E-state index contributed by atoms with van der Waals surface area (Å²) < 4.78 is 12.6. The molecule has 0 saturated carbocycles. The van der Waals surface area contributed by atoms with Gasteiger partial charge in [-0.05, 0) is 18.2 Å². The lowest BCUT2D eigenvalue weighted by Gasteiger charge is -1.96. The fraction of sp³-hybridized carbons (Fsp3) is 0.111. The van der Waals surface area contributed by atoms with Crippen LogP contribution >= 0.6 is 11.8 Å². The summed E-state index contributed by atoms with van der Waals surface area (Å²) >= 11 is 1.58. The Morgan fingerprint density at radius 2 is 2.36 bits per heavy atom. The molecule has 0 aromatic heterocycles. The number of benzene rings is 1. The van der Waals surface area contributed by atoms with Gasteiger partial charge >= 0.3 is 0 Å². The lowest BCUT2D eigenvalue weighted by molar-refractivity contribution is 0.624. The summed E-state index contributed by atoms with van der Waals surface area (Å²) in [4.78, 5) is 0.949. The molecule has 0 N–H and O–H groups in total. The molecule has 0 fully saturated rings. The maximum atomic E-state index is 12.6. The first kappa shape index (κ1) is 8.34. The summed E-state index contributed by atoms with van der Waals surface area (Å²) in [5.41, 5.74) is 0. The normalized spacial score (nSPS) is 9.55. The predicted octanol–water partition coefficient (Wildman–Crippen LogP) is 3.10. The SMILES string of the molecule is C=CCSc1cccc(F)c1. The largest absolute Gasteiger partial charge is 0.207 e. The van der Waals surface area contributed by atoms with Gasteiger partial charge in [-0.2, -0.15) is 0 Å². The van der Waals surface area contributed by atoms with E-state index in [1.165, 1.54) is 12.1 Å². The van der Waals surface area contributed by atoms with Gasteiger partial charge < -0.3 is 0 Å². The van der Waals surface area contributed by atoms with Gasteiger partial charge in [-0.15, -0.1) is 18.3 Å². The van der Waals surface area contributed by atoms with Crippen LogP contribution in [-0.2, 0) is 0 Å². The Kier molecular flexibility index (Phi) is 3.17. The van der Waals surface area contributed by atoms with Crippen molar-refractivity contribution in [2.24, 2.45) is 0 Å². The zero-order chi connectivity index (χ0) is 8.10. The van der Waals surface area contributed by atoms with E-state index in [2.05, 4.69) is 6.58 Å². The van der Waals surface area contributed by atoms with E-state index in [1.54, 1.807) is 23.9 Å². The van der Waals surface area contributed by atoms with E-state index in [0.29, 0.717) is 0 Å². The van der Waals surface area contributed by atoms with Crippen LogP contribution in [0.5, 0.6) is 0 Å². The van der Waals surface area contributed by atoms with E-state index in [-0.39, 0.29) is 5.82 Å². The lowest BCUT2D eigenvalue weighted by Crippen LogP contribution is -1.75. The third-order valence-corrected chi connectivity index (χ3v) is 2.15. The van der Waals surface area contributed by atoms with Crippen LogP contribution in [0.1, 0.15) is 0 Å². The number of hydrogen-bond donors (Lipinski definition) is 0. The number of rotatable bonds is 3. The zero-order valence-electron chi connectivity index (χ0n) is 6.09. The lowest BCUT2D eigenvalue weighted by atomic mass is 10.4. The fourth-order valence-corrected chi connectivity index (χ4v) is 1.39. The minimum absolute atomic E-state index is 0.181. The van der Waals surface area contributed by atoms with Gasteiger partial charge in [0.25, 0.3) is 0 Å². The second-order valence-corrected chi connectivity index (χ2v) is 3.15. The Labute approximate surface area is 70.1 Å². The van der Waals surface area contributed by atoms with E-state index in [9.17, 15) is 4.39 Å². The summed E-state index contributed by atoms with van der Waals surface area (Å²) in [5.74, 6) is 0.641. The predicted molar refractivity (Wildman–Crippen MR) is 47.3 cm³/mol. The Morgan fingerprint density at radius 1 is 1.55 bits per heavy atom. The molecule has 58 valence electrons. The van der Waals surface area contributed by atoms with Crippen molar-refractivity contribution in [3.63, 3.8) is 0 Å². The molecule has 0 radical (unpaired) electrons. The van der Waals surface area contributed by atoms with Gasteiger partial charge in [-0.1, -0.05) is 12.1 Å². The molecule has 0 bridgehead atoms. The first-order valence-electron chi connectivity index (χ1n) is 3.32. The van der Waals surface area contributed by atoms with E-state index in [1.807, 2.05) is 6.07 Å². The average molecular weight is 168 g/mol. The monoisotopic (exact) mass is 168 g/mol. The van der Waals surface area contributed by atoms with Crippen LogP contribution in [0, 0.1) is 5.82 Å². The van der Waals surface area contributed by atoms with Crippen molar-refractivity contribution in [3.8, 4) is 0 Å². The van der Waals surface area contributed by atoms with Gasteiger partial charge in [0.1, 0.15) is 5.82 Å². The van der Waals surface area contributed by atoms with Crippen LogP contribution in [0.3, 0.4) is 0 Å². The summed E-state index contributed by atoms with van der Waals surface area (Å²) in [5, 5.41) is 0. The minimum atomic E-state index is -0.181. The molecular weight excluding hydrogens is 159 g/mol. The van der Waals surface area contributed by atoms with Crippen molar-refractivity contribution in [1.82, 2.24) is 0 Å². The highest BCUT2D eigenvalue weighted by Crippen LogP contribution is 2.17. The number of hydrogen-bond acceptors (Lipinski definition) is 1. The molecule has 0 aliphatic carbocycles. The smallest absolute Gasteiger partial charge is 0.124 e. The van der Waals surface area contributed by atoms with Gasteiger partial charge in [-0.25, -0.2) is 4.39 Å². The van der Waals surface area contributed by atoms with Crippen LogP contribution in [-0.4, -0.2) is 5.75 Å². The van der Waals surface area contributed by atoms with Crippen molar-refractivity contribution < 1.29 is 4.39 Å². The molecule has 0 aliphatic heterocycles. The third-order valence-electron chi connectivity index (χ3n) is 1.16. The Balaban J connectivity index is 2.63. The van der Waals surface area contributed by atoms with E-state index >= 15 is 0 Å². The summed E-state index contributed by atoms with van der Waals surface area (Å²) in [6.45, 7) is 3.58. The first-order valence-corrected chi connectivity index (χ1v) is 4.31. The van der Waals surface area contributed by atoms with Gasteiger partial charge in [0, 0.05) is 10.6 Å². The molecule has 0 unspecified atom stereocenters. The van der Waals surface area contributed by atoms with Crippen LogP contribution < -0.4 is 0 Å². The van der Waals surface area contributed by atoms with Gasteiger partial charge in [0.15, 0.2) is 0 Å². The summed E-state index contributed by atoms with van der Waals surface area (Å²) in [6, 6.07) is 6.56. The highest BCUT2D eigenvalue weighted by atomic mass is 32.2. The molecule has 1 aromatic carbocycles. The van der Waals surface area contributed by atoms with E-state index < -0.39 is 0 Å². The van der Waals surface area contributed by atoms with Gasteiger partial charge in [0.05, 0.1) is 0 Å². The van der Waals surface area contributed by atoms with Crippen LogP contribution in [0.2, 0.25) is 0 Å². The number of halogens is 1. The van der Waals surface area contributed by atoms with Crippen LogP contribution in [0.15, 0.2) is 41.8 Å². The van der Waals surface area contributed by atoms with E-state index in [4.69, 9.17) is 0 Å². The second-order valence-electron chi connectivity index (χ2n) is 2.06. The molecule has 0 heterocycles. The number of thioether (sulfide) groups is 1. The Bertz CT molecular complexity index is 245. The van der Waals surface area contributed by atoms with Crippen LogP contribution in [0.4, 0.5) is 4.39 Å². The molecule has 11 heavy (non-hydrogen) atoms. The standard InChI is InChI=1S/C9H9FS/c1-2-6-11-9-5-3-4-8(10)7-9/h2-5,7H,1,6H2. The van der Waals surface area contributed by atoms with Crippen molar-refractivity contribution in [2.75, 3.05) is 5.75 Å². The van der Waals surface area contributed by atoms with Crippen molar-refractivity contribution in [2.45, 2.75) is 4.90 Å². The third kappa shape index (κ3) is 2.76. The molecule has 0 nitrogen and oxygen atoms in total. The molecule has 1 rings (SSSR count). The molecule has 0 amide bonds. The summed E-state index contributed by atoms with van der Waals surface area (Å²) in [6.07, 6.45) is 1.80. The zero-order valence-corrected chi connectivity index (χ0v) is 6.90. The fourth-order valence-electron chi connectivity index (χ4n) is 0.712. The van der Waals surface area contributed by atoms with Crippen molar-refractivity contribution in [3.05, 3.63) is 42.7 Å². The summed E-state index contributed by atoms with van der Waals surface area (Å²) in [7, 11) is 0. The quantitative estimate of drug-likeness (QED) is 0.493. The molecule has 0 spiro atoms. The molecule has 0 aliphatic rings. The minimum Gasteiger partial charge on any atom is -0.207 e. The maximum Gasteiger partial charge on any atom is 0.124 e. The molecule has 1 aromatic rings. The Morgan fingerprint density at radius 3 is 3.00 bits per heavy atom. The average Bonchev–Trinajstić information content (AvgIpc) is 2.01. The van der Waals surface area contributed by atoms with Crippen molar-refractivity contribution in [1.29, 1.82) is 0 Å². The second kappa shape index (κ2) is 4.19. The first-order chi connectivity index (χ1) is 5.33. The maximum absolute atomic E-state index is 12.6. The molecule has 2 heteroatoms. The van der Waals surface area contributed by atoms with Crippen LogP contribution in [0.25, 0.3) is 0 Å². The molecule has 0 saturated heterocycles. The van der Waals surface area contributed by atoms with Crippen molar-refractivity contribution >= 4 is 11.8 Å².